The Morgan fingerprint density at radius 3 is 2.11 bits per heavy atom. The lowest BCUT2D eigenvalue weighted by molar-refractivity contribution is -0.0118. The number of carbonyl (C=O) groups excluding carboxylic acids is 2. The maximum absolute atomic E-state index is 12.9. The van der Waals surface area contributed by atoms with E-state index in [2.05, 4.69) is 22.6 Å². The molecule has 1 fully saturated rings. The smallest absolute Gasteiger partial charge is 0.410 e. The molecule has 3 heterocycles. The van der Waals surface area contributed by atoms with Crippen LogP contribution >= 0.6 is 0 Å². The fourth-order valence-electron chi connectivity index (χ4n) is 4.38. The van der Waals surface area contributed by atoms with Gasteiger partial charge in [0.2, 0.25) is 0 Å². The number of ketones is 1. The Balaban J connectivity index is 1.84. The normalized spacial score (nSPS) is 20.2. The Bertz CT molecular complexity index is 759. The lowest BCUT2D eigenvalue weighted by Gasteiger charge is -2.50. The number of hydrogen-bond donors (Lipinski definition) is 0. The van der Waals surface area contributed by atoms with Gasteiger partial charge in [-0.15, -0.1) is 0 Å². The van der Waals surface area contributed by atoms with Crippen LogP contribution in [0.15, 0.2) is 12.1 Å². The summed E-state index contributed by atoms with van der Waals surface area (Å²) < 4.78 is 7.76. The first kappa shape index (κ1) is 20.9. The molecule has 2 aliphatic rings. The molecule has 2 aliphatic heterocycles. The van der Waals surface area contributed by atoms with Crippen molar-refractivity contribution in [2.75, 3.05) is 26.7 Å². The maximum atomic E-state index is 12.9. The highest BCUT2D eigenvalue weighted by atomic mass is 16.6. The van der Waals surface area contributed by atoms with Gasteiger partial charge in [0.1, 0.15) is 5.60 Å². The van der Waals surface area contributed by atoms with E-state index in [4.69, 9.17) is 4.74 Å². The molecule has 0 aromatic carbocycles. The molecule has 0 radical (unpaired) electrons. The average Bonchev–Trinajstić information content (AvgIpc) is 3.00. The van der Waals surface area contributed by atoms with Gasteiger partial charge in [-0.2, -0.15) is 0 Å². The van der Waals surface area contributed by atoms with Crippen LogP contribution in [0.1, 0.15) is 70.6 Å². The summed E-state index contributed by atoms with van der Waals surface area (Å²) >= 11 is 0. The minimum absolute atomic E-state index is 0.132. The van der Waals surface area contributed by atoms with Crippen molar-refractivity contribution in [1.29, 1.82) is 0 Å². The van der Waals surface area contributed by atoms with E-state index in [1.165, 1.54) is 5.69 Å². The number of Topliss-reactive ketones (excluding diaryl/α,β-unsaturated/α-hetero) is 1. The predicted molar refractivity (Wildman–Crippen MR) is 110 cm³/mol. The van der Waals surface area contributed by atoms with E-state index in [0.717, 1.165) is 31.6 Å². The number of ether oxygens (including phenoxy) is 1. The molecule has 6 heteroatoms. The van der Waals surface area contributed by atoms with Gasteiger partial charge in [-0.05, 0) is 52.8 Å². The summed E-state index contributed by atoms with van der Waals surface area (Å²) in [5, 5.41) is 0. The van der Waals surface area contributed by atoms with Gasteiger partial charge in [0.05, 0.1) is 11.2 Å². The topological polar surface area (TPSA) is 54.8 Å². The fraction of sp³-hybridized carbons (Fsp3) is 0.727. The molecule has 0 bridgehead atoms. The predicted octanol–water partition coefficient (Wildman–Crippen LogP) is 3.89. The van der Waals surface area contributed by atoms with Crippen LogP contribution in [-0.4, -0.2) is 58.5 Å². The number of amides is 1. The van der Waals surface area contributed by atoms with Crippen molar-refractivity contribution >= 4 is 11.9 Å². The number of likely N-dealkylation sites (tertiary alicyclic amines) is 1. The molecule has 1 amide bonds. The maximum Gasteiger partial charge on any atom is 0.410 e. The lowest BCUT2D eigenvalue weighted by atomic mass is 9.81. The Morgan fingerprint density at radius 2 is 1.57 bits per heavy atom. The summed E-state index contributed by atoms with van der Waals surface area (Å²) in [6.45, 7) is 14.6. The molecule has 28 heavy (non-hydrogen) atoms. The van der Waals surface area contributed by atoms with Crippen LogP contribution in [-0.2, 0) is 16.8 Å². The number of fused-ring (bicyclic) bond motifs is 2. The van der Waals surface area contributed by atoms with Crippen LogP contribution in [0.5, 0.6) is 0 Å². The molecule has 0 N–H and O–H groups in total. The van der Waals surface area contributed by atoms with Crippen LogP contribution in [0, 0.1) is 5.41 Å². The minimum Gasteiger partial charge on any atom is -0.444 e. The van der Waals surface area contributed by atoms with Gasteiger partial charge < -0.3 is 14.2 Å². The highest BCUT2D eigenvalue weighted by molar-refractivity contribution is 5.98. The summed E-state index contributed by atoms with van der Waals surface area (Å²) in [5.41, 5.74) is 1.01. The van der Waals surface area contributed by atoms with E-state index < -0.39 is 11.0 Å². The van der Waals surface area contributed by atoms with Crippen molar-refractivity contribution in [3.63, 3.8) is 0 Å². The highest BCUT2D eigenvalue weighted by Crippen LogP contribution is 2.42. The molecule has 1 spiro atoms. The summed E-state index contributed by atoms with van der Waals surface area (Å²) in [5.74, 6) is 0.185. The zero-order valence-electron chi connectivity index (χ0n) is 18.5. The third kappa shape index (κ3) is 3.71. The Hall–Kier alpha value is -1.82. The van der Waals surface area contributed by atoms with Crippen molar-refractivity contribution in [2.24, 2.45) is 5.41 Å². The van der Waals surface area contributed by atoms with Gasteiger partial charge in [-0.3, -0.25) is 9.69 Å². The van der Waals surface area contributed by atoms with E-state index >= 15 is 0 Å². The number of piperidine rings is 1. The molecule has 0 unspecified atom stereocenters. The average molecular weight is 390 g/mol. The molecule has 0 aliphatic carbocycles. The Kier molecular flexibility index (Phi) is 5.15. The van der Waals surface area contributed by atoms with Crippen LogP contribution in [0.3, 0.4) is 0 Å². The molecule has 6 nitrogen and oxygen atoms in total. The molecule has 3 rings (SSSR count). The summed E-state index contributed by atoms with van der Waals surface area (Å²) in [6, 6.07) is 4.11. The number of rotatable bonds is 1. The van der Waals surface area contributed by atoms with E-state index in [1.807, 2.05) is 52.5 Å². The van der Waals surface area contributed by atoms with Crippen molar-refractivity contribution < 1.29 is 14.3 Å². The van der Waals surface area contributed by atoms with Crippen LogP contribution in [0.2, 0.25) is 0 Å². The second-order valence-corrected chi connectivity index (χ2v) is 10.3. The molecule has 0 saturated carbocycles. The van der Waals surface area contributed by atoms with Crippen LogP contribution in [0.4, 0.5) is 4.79 Å². The van der Waals surface area contributed by atoms with Crippen molar-refractivity contribution in [3.05, 3.63) is 23.5 Å². The zero-order valence-corrected chi connectivity index (χ0v) is 18.5. The highest BCUT2D eigenvalue weighted by Gasteiger charge is 2.46. The largest absolute Gasteiger partial charge is 0.444 e. The van der Waals surface area contributed by atoms with Crippen molar-refractivity contribution in [3.8, 4) is 0 Å². The van der Waals surface area contributed by atoms with Gasteiger partial charge in [-0.25, -0.2) is 4.79 Å². The van der Waals surface area contributed by atoms with Crippen LogP contribution < -0.4 is 0 Å². The summed E-state index contributed by atoms with van der Waals surface area (Å²) in [4.78, 5) is 29.6. The Morgan fingerprint density at radius 1 is 0.964 bits per heavy atom. The SMILES string of the molecule is CN1CCn2c(C(=O)C(C)(C)C)ccc2C12CCN(C(=O)OC(C)(C)C)CC2. The van der Waals surface area contributed by atoms with Crippen molar-refractivity contribution in [1.82, 2.24) is 14.4 Å². The van der Waals surface area contributed by atoms with Crippen molar-refractivity contribution in [2.45, 2.75) is 72.1 Å². The molecule has 156 valence electrons. The third-order valence-corrected chi connectivity index (χ3v) is 6.00. The molecule has 1 aromatic rings. The second kappa shape index (κ2) is 6.90. The molecule has 1 saturated heterocycles. The van der Waals surface area contributed by atoms with Gasteiger partial charge in [0, 0.05) is 37.3 Å². The van der Waals surface area contributed by atoms with Gasteiger partial charge in [-0.1, -0.05) is 20.8 Å². The quantitative estimate of drug-likeness (QED) is 0.684. The standard InChI is InChI=1S/C22H35N3O3/c1-20(2,3)18(26)16-8-9-17-22(23(7)14-15-25(16)17)10-12-24(13-11-22)19(27)28-21(4,5)6/h8-9H,10-15H2,1-7H3. The number of likely N-dealkylation sites (N-methyl/N-ethyl adjacent to an activating group) is 1. The molecular weight excluding hydrogens is 354 g/mol. The first-order chi connectivity index (χ1) is 12.8. The molecule has 0 atom stereocenters. The summed E-state index contributed by atoms with van der Waals surface area (Å²) in [7, 11) is 2.16. The fourth-order valence-corrected chi connectivity index (χ4v) is 4.38. The van der Waals surface area contributed by atoms with Crippen LogP contribution in [0.25, 0.3) is 0 Å². The number of aromatic nitrogens is 1. The van der Waals surface area contributed by atoms with E-state index in [0.29, 0.717) is 13.1 Å². The number of hydrogen-bond acceptors (Lipinski definition) is 4. The minimum atomic E-state index is -0.481. The number of carbonyl (C=O) groups is 2. The first-order valence-electron chi connectivity index (χ1n) is 10.3. The third-order valence-electron chi connectivity index (χ3n) is 6.00. The lowest BCUT2D eigenvalue weighted by Crippen LogP contribution is -2.57. The first-order valence-corrected chi connectivity index (χ1v) is 10.3. The van der Waals surface area contributed by atoms with E-state index in [9.17, 15) is 9.59 Å². The zero-order chi connectivity index (χ0) is 20.9. The van der Waals surface area contributed by atoms with E-state index in [-0.39, 0.29) is 17.4 Å². The molecule has 1 aromatic heterocycles. The van der Waals surface area contributed by atoms with E-state index in [1.54, 1.807) is 0 Å². The van der Waals surface area contributed by atoms with Gasteiger partial charge in [0.15, 0.2) is 5.78 Å². The molecular formula is C22H35N3O3. The number of nitrogens with zero attached hydrogens (tertiary/aromatic N) is 3. The Labute approximate surface area is 168 Å². The second-order valence-electron chi connectivity index (χ2n) is 10.3. The summed E-state index contributed by atoms with van der Waals surface area (Å²) in [6.07, 6.45) is 1.45. The van der Waals surface area contributed by atoms with Gasteiger partial charge in [0.25, 0.3) is 0 Å². The van der Waals surface area contributed by atoms with Gasteiger partial charge >= 0.3 is 6.09 Å². The monoisotopic (exact) mass is 389 g/mol.